The fraction of sp³-hybridized carbons (Fsp3) is 0.889. The quantitative estimate of drug-likeness (QED) is 0.520. The zero-order valence-electron chi connectivity index (χ0n) is 17.0. The molecule has 0 rings (SSSR count). The summed E-state index contributed by atoms with van der Waals surface area (Å²) in [4.78, 5) is 29.5. The van der Waals surface area contributed by atoms with Gasteiger partial charge in [0.2, 0.25) is 0 Å². The Bertz CT molecular complexity index is 430. The summed E-state index contributed by atoms with van der Waals surface area (Å²) in [6.07, 6.45) is -0.761. The van der Waals surface area contributed by atoms with Gasteiger partial charge in [0.05, 0.1) is 6.54 Å². The predicted octanol–water partition coefficient (Wildman–Crippen LogP) is 5.16. The van der Waals surface area contributed by atoms with Crippen LogP contribution in [-0.4, -0.2) is 35.1 Å². The van der Waals surface area contributed by atoms with Gasteiger partial charge in [-0.15, -0.1) is 5.06 Å². The second-order valence-electron chi connectivity index (χ2n) is 9.33. The topological polar surface area (TPSA) is 65.1 Å². The molecule has 142 valence electrons. The van der Waals surface area contributed by atoms with Crippen molar-refractivity contribution in [2.24, 2.45) is 11.3 Å². The maximum Gasteiger partial charge on any atom is 0.534 e. The Morgan fingerprint density at radius 2 is 1.33 bits per heavy atom. The van der Waals surface area contributed by atoms with Crippen LogP contribution in [0.25, 0.3) is 0 Å². The third-order valence-electron chi connectivity index (χ3n) is 2.70. The summed E-state index contributed by atoms with van der Waals surface area (Å²) in [6.45, 7) is 18.9. The van der Waals surface area contributed by atoms with Crippen LogP contribution < -0.4 is 0 Å². The van der Waals surface area contributed by atoms with Gasteiger partial charge in [-0.25, -0.2) is 9.59 Å². The van der Waals surface area contributed by atoms with E-state index in [0.717, 1.165) is 11.5 Å². The SMILES string of the molecule is CC(C)CC(C)(C)CN(OC(=O)OC(C)(C)C)C(=O)OC(C)(C)C. The standard InChI is InChI=1S/C18H35NO5/c1-13(2)11-18(9,10)12-19(14(20)22-16(3,4)5)24-15(21)23-17(6,7)8/h13H,11-12H2,1-10H3. The molecular weight excluding hydrogens is 310 g/mol. The third-order valence-corrected chi connectivity index (χ3v) is 2.70. The summed E-state index contributed by atoms with van der Waals surface area (Å²) >= 11 is 0. The van der Waals surface area contributed by atoms with Crippen molar-refractivity contribution in [3.05, 3.63) is 0 Å². The first kappa shape index (κ1) is 22.5. The van der Waals surface area contributed by atoms with Crippen LogP contribution in [0.2, 0.25) is 0 Å². The van der Waals surface area contributed by atoms with Crippen LogP contribution in [0.3, 0.4) is 0 Å². The zero-order chi connectivity index (χ0) is 19.3. The minimum Gasteiger partial charge on any atom is -0.442 e. The molecule has 0 radical (unpaired) electrons. The Labute approximate surface area is 146 Å². The molecule has 0 aliphatic heterocycles. The highest BCUT2D eigenvalue weighted by Gasteiger charge is 2.33. The van der Waals surface area contributed by atoms with E-state index in [-0.39, 0.29) is 12.0 Å². The summed E-state index contributed by atoms with van der Waals surface area (Å²) in [6, 6.07) is 0. The van der Waals surface area contributed by atoms with Crippen LogP contribution in [0.5, 0.6) is 0 Å². The number of rotatable bonds is 4. The maximum atomic E-state index is 12.4. The number of hydroxylamine groups is 2. The lowest BCUT2D eigenvalue weighted by Gasteiger charge is -2.33. The average molecular weight is 345 g/mol. The summed E-state index contributed by atoms with van der Waals surface area (Å²) in [5, 5.41) is 0.960. The van der Waals surface area contributed by atoms with Gasteiger partial charge in [-0.05, 0) is 59.3 Å². The average Bonchev–Trinajstić information content (AvgIpc) is 2.19. The summed E-state index contributed by atoms with van der Waals surface area (Å²) in [5.41, 5.74) is -1.63. The number of amides is 1. The summed E-state index contributed by atoms with van der Waals surface area (Å²) < 4.78 is 10.5. The van der Waals surface area contributed by atoms with Gasteiger partial charge in [0.1, 0.15) is 11.2 Å². The van der Waals surface area contributed by atoms with Crippen molar-refractivity contribution in [1.82, 2.24) is 5.06 Å². The third kappa shape index (κ3) is 11.1. The van der Waals surface area contributed by atoms with E-state index >= 15 is 0 Å². The predicted molar refractivity (Wildman–Crippen MR) is 93.5 cm³/mol. The second kappa shape index (κ2) is 8.08. The number of ether oxygens (including phenoxy) is 2. The van der Waals surface area contributed by atoms with E-state index in [0.29, 0.717) is 5.92 Å². The molecule has 6 nitrogen and oxygen atoms in total. The molecule has 0 bridgehead atoms. The molecule has 24 heavy (non-hydrogen) atoms. The number of nitrogens with zero attached hydrogens (tertiary/aromatic N) is 1. The lowest BCUT2D eigenvalue weighted by atomic mass is 9.84. The minimum atomic E-state index is -0.922. The Balaban J connectivity index is 5.15. The van der Waals surface area contributed by atoms with Gasteiger partial charge in [0.25, 0.3) is 0 Å². The van der Waals surface area contributed by atoms with Gasteiger partial charge < -0.3 is 14.3 Å². The molecule has 0 unspecified atom stereocenters. The highest BCUT2D eigenvalue weighted by atomic mass is 16.8. The van der Waals surface area contributed by atoms with Crippen LogP contribution in [0, 0.1) is 11.3 Å². The first-order valence-electron chi connectivity index (χ1n) is 8.42. The van der Waals surface area contributed by atoms with E-state index in [2.05, 4.69) is 13.8 Å². The molecule has 6 heteroatoms. The second-order valence-corrected chi connectivity index (χ2v) is 9.33. The molecule has 0 N–H and O–H groups in total. The van der Waals surface area contributed by atoms with E-state index in [1.54, 1.807) is 41.5 Å². The molecular formula is C18H35NO5. The molecule has 0 aliphatic carbocycles. The lowest BCUT2D eigenvalue weighted by Crippen LogP contribution is -2.44. The molecule has 0 aromatic rings. The van der Waals surface area contributed by atoms with Crippen LogP contribution in [0.1, 0.15) is 75.7 Å². The van der Waals surface area contributed by atoms with Crippen molar-refractivity contribution < 1.29 is 23.9 Å². The fourth-order valence-corrected chi connectivity index (χ4v) is 2.36. The zero-order valence-corrected chi connectivity index (χ0v) is 17.0. The van der Waals surface area contributed by atoms with Gasteiger partial charge in [-0.2, -0.15) is 0 Å². The van der Waals surface area contributed by atoms with Crippen molar-refractivity contribution >= 4 is 12.2 Å². The van der Waals surface area contributed by atoms with E-state index in [1.807, 2.05) is 13.8 Å². The Hall–Kier alpha value is -1.46. The van der Waals surface area contributed by atoms with Crippen LogP contribution in [0.4, 0.5) is 9.59 Å². The van der Waals surface area contributed by atoms with Crippen molar-refractivity contribution in [2.45, 2.75) is 86.9 Å². The van der Waals surface area contributed by atoms with Crippen LogP contribution in [0.15, 0.2) is 0 Å². The fourth-order valence-electron chi connectivity index (χ4n) is 2.36. The molecule has 0 fully saturated rings. The monoisotopic (exact) mass is 345 g/mol. The molecule has 0 atom stereocenters. The first-order chi connectivity index (χ1) is 10.5. The first-order valence-corrected chi connectivity index (χ1v) is 8.42. The highest BCUT2D eigenvalue weighted by molar-refractivity contribution is 5.70. The van der Waals surface area contributed by atoms with Crippen LogP contribution in [-0.2, 0) is 14.3 Å². The van der Waals surface area contributed by atoms with E-state index < -0.39 is 23.5 Å². The molecule has 0 aliphatic rings. The van der Waals surface area contributed by atoms with E-state index in [1.165, 1.54) is 0 Å². The number of carbonyl (C=O) groups is 2. The van der Waals surface area contributed by atoms with Crippen molar-refractivity contribution in [1.29, 1.82) is 0 Å². The molecule has 0 saturated carbocycles. The Morgan fingerprint density at radius 1 is 0.875 bits per heavy atom. The molecule has 0 aromatic carbocycles. The van der Waals surface area contributed by atoms with Gasteiger partial charge >= 0.3 is 12.2 Å². The van der Waals surface area contributed by atoms with Crippen molar-refractivity contribution in [3.63, 3.8) is 0 Å². The van der Waals surface area contributed by atoms with Gasteiger partial charge in [-0.1, -0.05) is 27.7 Å². The highest BCUT2D eigenvalue weighted by Crippen LogP contribution is 2.27. The van der Waals surface area contributed by atoms with Gasteiger partial charge in [-0.3, -0.25) is 0 Å². The van der Waals surface area contributed by atoms with E-state index in [9.17, 15) is 9.59 Å². The summed E-state index contributed by atoms with van der Waals surface area (Å²) in [5.74, 6) is 0.446. The maximum absolute atomic E-state index is 12.4. The number of carbonyl (C=O) groups excluding carboxylic acids is 2. The minimum absolute atomic E-state index is 0.222. The van der Waals surface area contributed by atoms with Gasteiger partial charge in [0, 0.05) is 0 Å². The van der Waals surface area contributed by atoms with Gasteiger partial charge in [0.15, 0.2) is 0 Å². The molecule has 0 heterocycles. The van der Waals surface area contributed by atoms with E-state index in [4.69, 9.17) is 14.3 Å². The normalized spacial score (nSPS) is 12.8. The largest absolute Gasteiger partial charge is 0.534 e. The van der Waals surface area contributed by atoms with Crippen molar-refractivity contribution in [3.8, 4) is 0 Å². The number of hydrogen-bond acceptors (Lipinski definition) is 5. The lowest BCUT2D eigenvalue weighted by molar-refractivity contribution is -0.147. The van der Waals surface area contributed by atoms with Crippen LogP contribution >= 0.6 is 0 Å². The molecule has 0 aromatic heterocycles. The Kier molecular flexibility index (Phi) is 7.59. The van der Waals surface area contributed by atoms with Crippen molar-refractivity contribution in [2.75, 3.05) is 6.54 Å². The molecule has 0 saturated heterocycles. The Morgan fingerprint density at radius 3 is 1.71 bits per heavy atom. The summed E-state index contributed by atoms with van der Waals surface area (Å²) in [7, 11) is 0. The number of hydrogen-bond donors (Lipinski definition) is 0. The molecule has 0 spiro atoms. The molecule has 1 amide bonds. The smallest absolute Gasteiger partial charge is 0.442 e.